The van der Waals surface area contributed by atoms with E-state index in [1.54, 1.807) is 12.3 Å². The number of carbonyl (C=O) groups excluding carboxylic acids is 2. The molecule has 1 unspecified atom stereocenters. The van der Waals surface area contributed by atoms with E-state index < -0.39 is 6.04 Å². The van der Waals surface area contributed by atoms with E-state index in [0.29, 0.717) is 18.7 Å². The number of piperazine rings is 1. The minimum atomic E-state index is -0.438. The Hall–Kier alpha value is -2.15. The zero-order chi connectivity index (χ0) is 14.7. The number of anilines is 2. The van der Waals surface area contributed by atoms with E-state index in [9.17, 15) is 9.59 Å². The Morgan fingerprint density at radius 3 is 2.76 bits per heavy atom. The highest BCUT2D eigenvalue weighted by molar-refractivity contribution is 5.98. The summed E-state index contributed by atoms with van der Waals surface area (Å²) in [6, 6.07) is 3.32. The van der Waals surface area contributed by atoms with Crippen molar-refractivity contribution in [2.24, 2.45) is 0 Å². The van der Waals surface area contributed by atoms with Gasteiger partial charge in [-0.2, -0.15) is 0 Å². The van der Waals surface area contributed by atoms with Gasteiger partial charge < -0.3 is 20.9 Å². The van der Waals surface area contributed by atoms with Gasteiger partial charge in [-0.1, -0.05) is 0 Å². The predicted octanol–water partition coefficient (Wildman–Crippen LogP) is -0.292. The Bertz CT molecular complexity index is 525. The van der Waals surface area contributed by atoms with Crippen molar-refractivity contribution in [1.29, 1.82) is 0 Å². The first-order valence-electron chi connectivity index (χ1n) is 7.24. The Kier molecular flexibility index (Phi) is 4.01. The number of amides is 2. The molecule has 0 aromatic carbocycles. The van der Waals surface area contributed by atoms with Gasteiger partial charge in [0.1, 0.15) is 11.9 Å². The van der Waals surface area contributed by atoms with Gasteiger partial charge in [0.2, 0.25) is 11.8 Å². The monoisotopic (exact) mass is 289 g/mol. The van der Waals surface area contributed by atoms with Crippen LogP contribution >= 0.6 is 0 Å². The summed E-state index contributed by atoms with van der Waals surface area (Å²) in [5.41, 5.74) is 1.06. The van der Waals surface area contributed by atoms with Gasteiger partial charge >= 0.3 is 0 Å². The molecule has 2 aliphatic rings. The summed E-state index contributed by atoms with van der Waals surface area (Å²) in [7, 11) is 0. The zero-order valence-electron chi connectivity index (χ0n) is 11.8. The lowest BCUT2D eigenvalue weighted by molar-refractivity contribution is -0.122. The van der Waals surface area contributed by atoms with Crippen LogP contribution in [0.5, 0.6) is 0 Å². The number of rotatable bonds is 3. The lowest BCUT2D eigenvalue weighted by Gasteiger charge is -2.29. The molecule has 0 radical (unpaired) electrons. The molecule has 2 fully saturated rings. The van der Waals surface area contributed by atoms with Crippen molar-refractivity contribution in [3.05, 3.63) is 18.3 Å². The fourth-order valence-corrected chi connectivity index (χ4v) is 2.59. The predicted molar refractivity (Wildman–Crippen MR) is 79.1 cm³/mol. The van der Waals surface area contributed by atoms with Crippen LogP contribution in [-0.4, -0.2) is 49.0 Å². The average molecular weight is 289 g/mol. The largest absolute Gasteiger partial charge is 0.368 e. The number of carbonyl (C=O) groups is 2. The molecule has 21 heavy (non-hydrogen) atoms. The highest BCUT2D eigenvalue weighted by Crippen LogP contribution is 2.16. The molecule has 3 heterocycles. The topological polar surface area (TPSA) is 86.4 Å². The first-order valence-corrected chi connectivity index (χ1v) is 7.24. The van der Waals surface area contributed by atoms with Crippen molar-refractivity contribution < 1.29 is 9.59 Å². The fraction of sp³-hybridized carbons (Fsp3) is 0.500. The minimum absolute atomic E-state index is 0.0721. The second-order valence-corrected chi connectivity index (χ2v) is 5.29. The van der Waals surface area contributed by atoms with E-state index in [-0.39, 0.29) is 11.8 Å². The molecule has 0 spiro atoms. The number of hydrogen-bond acceptors (Lipinski definition) is 5. The molecular formula is C14H19N5O2. The maximum atomic E-state index is 12.0. The van der Waals surface area contributed by atoms with Gasteiger partial charge in [-0.25, -0.2) is 4.98 Å². The molecule has 3 rings (SSSR count). The summed E-state index contributed by atoms with van der Waals surface area (Å²) in [5, 5.41) is 8.69. The van der Waals surface area contributed by atoms with Crippen molar-refractivity contribution in [1.82, 2.24) is 15.6 Å². The molecule has 0 aliphatic carbocycles. The van der Waals surface area contributed by atoms with Gasteiger partial charge in [0, 0.05) is 32.6 Å². The second kappa shape index (κ2) is 6.09. The van der Waals surface area contributed by atoms with Crippen molar-refractivity contribution in [3.8, 4) is 0 Å². The number of pyridine rings is 1. The van der Waals surface area contributed by atoms with Crippen molar-refractivity contribution >= 4 is 23.3 Å². The normalized spacial score (nSPS) is 22.0. The molecule has 1 aromatic rings. The van der Waals surface area contributed by atoms with Gasteiger partial charge in [-0.05, 0) is 18.6 Å². The molecule has 0 saturated carbocycles. The summed E-state index contributed by atoms with van der Waals surface area (Å²) in [6.07, 6.45) is 2.73. The third-order valence-corrected chi connectivity index (χ3v) is 3.79. The van der Waals surface area contributed by atoms with Gasteiger partial charge in [0.25, 0.3) is 0 Å². The van der Waals surface area contributed by atoms with Gasteiger partial charge in [-0.15, -0.1) is 0 Å². The summed E-state index contributed by atoms with van der Waals surface area (Å²) in [4.78, 5) is 29.6. The standard InChI is InChI=1S/C14H19N5O2/c20-13-4-2-11(17-13)14(21)18-12-3-1-10(9-16-12)19-7-5-15-6-8-19/h1,3,9,11,15H,2,4-8H2,(H,17,20)(H,16,18,21). The molecule has 1 atom stereocenters. The van der Waals surface area contributed by atoms with E-state index >= 15 is 0 Å². The molecule has 112 valence electrons. The van der Waals surface area contributed by atoms with E-state index in [2.05, 4.69) is 25.8 Å². The van der Waals surface area contributed by atoms with Gasteiger partial charge in [-0.3, -0.25) is 9.59 Å². The molecule has 0 bridgehead atoms. The Labute approximate surface area is 123 Å². The van der Waals surface area contributed by atoms with E-state index in [1.165, 1.54) is 0 Å². The molecule has 3 N–H and O–H groups in total. The SMILES string of the molecule is O=C1CCC(C(=O)Nc2ccc(N3CCNCC3)cn2)N1. The molecule has 7 heteroatoms. The fourth-order valence-electron chi connectivity index (χ4n) is 2.59. The molecule has 2 saturated heterocycles. The smallest absolute Gasteiger partial charge is 0.248 e. The van der Waals surface area contributed by atoms with Crippen molar-refractivity contribution in [2.45, 2.75) is 18.9 Å². The van der Waals surface area contributed by atoms with Crippen LogP contribution in [0.15, 0.2) is 18.3 Å². The second-order valence-electron chi connectivity index (χ2n) is 5.29. The Morgan fingerprint density at radius 2 is 2.14 bits per heavy atom. The summed E-state index contributed by atoms with van der Waals surface area (Å²) in [5.74, 6) is 0.237. The third kappa shape index (κ3) is 3.30. The lowest BCUT2D eigenvalue weighted by Crippen LogP contribution is -2.43. The molecule has 7 nitrogen and oxygen atoms in total. The van der Waals surface area contributed by atoms with Crippen LogP contribution < -0.4 is 20.9 Å². The number of aromatic nitrogens is 1. The number of nitrogens with one attached hydrogen (secondary N) is 3. The zero-order valence-corrected chi connectivity index (χ0v) is 11.8. The van der Waals surface area contributed by atoms with Crippen LogP contribution in [0.1, 0.15) is 12.8 Å². The van der Waals surface area contributed by atoms with Crippen LogP contribution in [0, 0.1) is 0 Å². The summed E-state index contributed by atoms with van der Waals surface area (Å²) < 4.78 is 0. The summed E-state index contributed by atoms with van der Waals surface area (Å²) >= 11 is 0. The lowest BCUT2D eigenvalue weighted by atomic mass is 10.2. The van der Waals surface area contributed by atoms with E-state index in [0.717, 1.165) is 31.9 Å². The Morgan fingerprint density at radius 1 is 1.33 bits per heavy atom. The average Bonchev–Trinajstić information content (AvgIpc) is 2.96. The Balaban J connectivity index is 1.59. The van der Waals surface area contributed by atoms with Crippen LogP contribution in [0.2, 0.25) is 0 Å². The first-order chi connectivity index (χ1) is 10.2. The van der Waals surface area contributed by atoms with Crippen LogP contribution in [0.4, 0.5) is 11.5 Å². The maximum absolute atomic E-state index is 12.0. The number of nitrogens with zero attached hydrogens (tertiary/aromatic N) is 2. The van der Waals surface area contributed by atoms with Crippen LogP contribution in [-0.2, 0) is 9.59 Å². The highest BCUT2D eigenvalue weighted by Gasteiger charge is 2.27. The maximum Gasteiger partial charge on any atom is 0.248 e. The highest BCUT2D eigenvalue weighted by atomic mass is 16.2. The van der Waals surface area contributed by atoms with E-state index in [4.69, 9.17) is 0 Å². The van der Waals surface area contributed by atoms with Gasteiger partial charge in [0.05, 0.1) is 11.9 Å². The quantitative estimate of drug-likeness (QED) is 0.712. The molecular weight excluding hydrogens is 270 g/mol. The summed E-state index contributed by atoms with van der Waals surface area (Å²) in [6.45, 7) is 3.86. The third-order valence-electron chi connectivity index (χ3n) is 3.79. The minimum Gasteiger partial charge on any atom is -0.368 e. The number of hydrogen-bond donors (Lipinski definition) is 3. The van der Waals surface area contributed by atoms with Crippen LogP contribution in [0.25, 0.3) is 0 Å². The van der Waals surface area contributed by atoms with Crippen molar-refractivity contribution in [2.75, 3.05) is 36.4 Å². The molecule has 2 aliphatic heterocycles. The molecule has 1 aromatic heterocycles. The van der Waals surface area contributed by atoms with E-state index in [1.807, 2.05) is 6.07 Å². The molecule has 2 amide bonds. The van der Waals surface area contributed by atoms with Crippen LogP contribution in [0.3, 0.4) is 0 Å². The first kappa shape index (κ1) is 13.8. The van der Waals surface area contributed by atoms with Gasteiger partial charge in [0.15, 0.2) is 0 Å². The van der Waals surface area contributed by atoms with Crippen molar-refractivity contribution in [3.63, 3.8) is 0 Å².